The van der Waals surface area contributed by atoms with Crippen molar-refractivity contribution >= 4 is 11.9 Å². The lowest BCUT2D eigenvalue weighted by Crippen LogP contribution is -2.29. The molecule has 4 nitrogen and oxygen atoms in total. The minimum Gasteiger partial charge on any atom is -0.457 e. The molecule has 0 rings (SSSR count). The molecule has 0 amide bonds. The van der Waals surface area contributed by atoms with Gasteiger partial charge >= 0.3 is 11.9 Å². The van der Waals surface area contributed by atoms with Gasteiger partial charge in [0, 0.05) is 12.2 Å². The van der Waals surface area contributed by atoms with E-state index < -0.39 is 23.1 Å². The second-order valence-corrected chi connectivity index (χ2v) is 5.98. The van der Waals surface area contributed by atoms with Crippen molar-refractivity contribution in [3.63, 3.8) is 0 Å². The number of hydrogen-bond acceptors (Lipinski definition) is 4. The van der Waals surface area contributed by atoms with Gasteiger partial charge in [-0.05, 0) is 53.4 Å². The van der Waals surface area contributed by atoms with E-state index in [2.05, 4.69) is 13.2 Å². The predicted molar refractivity (Wildman–Crippen MR) is 79.2 cm³/mol. The molecule has 0 heterocycles. The van der Waals surface area contributed by atoms with Crippen molar-refractivity contribution in [1.29, 1.82) is 0 Å². The zero-order valence-corrected chi connectivity index (χ0v) is 13.0. The summed E-state index contributed by atoms with van der Waals surface area (Å²) in [5.41, 5.74) is -1.01. The van der Waals surface area contributed by atoms with Crippen molar-refractivity contribution in [2.75, 3.05) is 0 Å². The number of ether oxygens (including phenoxy) is 2. The van der Waals surface area contributed by atoms with Gasteiger partial charge in [0.15, 0.2) is 0 Å². The monoisotopic (exact) mass is 282 g/mol. The second kappa shape index (κ2) is 7.88. The fraction of sp³-hybridized carbons (Fsp3) is 0.625. The zero-order chi connectivity index (χ0) is 15.8. The van der Waals surface area contributed by atoms with Gasteiger partial charge < -0.3 is 9.47 Å². The molecule has 0 unspecified atom stereocenters. The van der Waals surface area contributed by atoms with Gasteiger partial charge in [0.1, 0.15) is 11.2 Å². The fourth-order valence-electron chi connectivity index (χ4n) is 1.83. The molecule has 0 aliphatic carbocycles. The van der Waals surface area contributed by atoms with Crippen LogP contribution in [0.3, 0.4) is 0 Å². The van der Waals surface area contributed by atoms with Crippen LogP contribution in [0, 0.1) is 0 Å². The first kappa shape index (κ1) is 18.4. The van der Waals surface area contributed by atoms with Gasteiger partial charge in [-0.3, -0.25) is 0 Å². The number of carbonyl (C=O) groups is 2. The lowest BCUT2D eigenvalue weighted by Gasteiger charge is -2.27. The Morgan fingerprint density at radius 3 is 1.40 bits per heavy atom. The average Bonchev–Trinajstić information content (AvgIpc) is 2.33. The molecule has 0 aliphatic heterocycles. The van der Waals surface area contributed by atoms with Crippen molar-refractivity contribution < 1.29 is 19.1 Å². The second-order valence-electron chi connectivity index (χ2n) is 5.98. The Balaban J connectivity index is 4.06. The van der Waals surface area contributed by atoms with E-state index in [1.807, 2.05) is 27.7 Å². The first-order valence-electron chi connectivity index (χ1n) is 6.83. The average molecular weight is 282 g/mol. The lowest BCUT2D eigenvalue weighted by molar-refractivity contribution is -0.153. The Kier molecular flexibility index (Phi) is 7.25. The molecule has 4 heteroatoms. The Morgan fingerprint density at radius 2 is 1.15 bits per heavy atom. The molecule has 0 N–H and O–H groups in total. The van der Waals surface area contributed by atoms with Crippen molar-refractivity contribution in [3.05, 3.63) is 25.3 Å². The molecule has 0 radical (unpaired) electrons. The number of unbranched alkanes of at least 4 members (excludes halogenated alkanes) is 1. The molecule has 0 saturated carbocycles. The molecule has 114 valence electrons. The van der Waals surface area contributed by atoms with Crippen LogP contribution < -0.4 is 0 Å². The molecule has 0 bridgehead atoms. The van der Waals surface area contributed by atoms with Crippen molar-refractivity contribution in [1.82, 2.24) is 0 Å². The summed E-state index contributed by atoms with van der Waals surface area (Å²) in [6, 6.07) is 0. The van der Waals surface area contributed by atoms with E-state index in [1.165, 1.54) is 12.2 Å². The smallest absolute Gasteiger partial charge is 0.330 e. The summed E-state index contributed by atoms with van der Waals surface area (Å²) < 4.78 is 10.5. The van der Waals surface area contributed by atoms with Crippen molar-refractivity contribution in [3.8, 4) is 0 Å². The Labute approximate surface area is 121 Å². The van der Waals surface area contributed by atoms with Gasteiger partial charge in [-0.2, -0.15) is 0 Å². The molecule has 0 aliphatic rings. The molecule has 20 heavy (non-hydrogen) atoms. The number of hydrogen-bond donors (Lipinski definition) is 0. The highest BCUT2D eigenvalue weighted by Gasteiger charge is 2.24. The standard InChI is InChI=1S/C16H26O4/c1-7-13(17)19-15(3,4)11-9-10-12-16(5,6)20-14(18)8-2/h7-8H,1-2,9-12H2,3-6H3. The lowest BCUT2D eigenvalue weighted by atomic mass is 9.95. The quantitative estimate of drug-likeness (QED) is 0.368. The van der Waals surface area contributed by atoms with Crippen LogP contribution in [-0.2, 0) is 19.1 Å². The van der Waals surface area contributed by atoms with E-state index in [-0.39, 0.29) is 0 Å². The number of rotatable bonds is 9. The molecular formula is C16H26O4. The topological polar surface area (TPSA) is 52.6 Å². The molecule has 0 fully saturated rings. The molecular weight excluding hydrogens is 256 g/mol. The van der Waals surface area contributed by atoms with Crippen LogP contribution in [0.4, 0.5) is 0 Å². The highest BCUT2D eigenvalue weighted by atomic mass is 16.6. The highest BCUT2D eigenvalue weighted by molar-refractivity contribution is 5.81. The minimum atomic E-state index is -0.507. The van der Waals surface area contributed by atoms with Crippen LogP contribution in [-0.4, -0.2) is 23.1 Å². The number of carbonyl (C=O) groups excluding carboxylic acids is 2. The third-order valence-corrected chi connectivity index (χ3v) is 2.89. The van der Waals surface area contributed by atoms with Gasteiger partial charge in [-0.25, -0.2) is 9.59 Å². The summed E-state index contributed by atoms with van der Waals surface area (Å²) in [5, 5.41) is 0. The summed E-state index contributed by atoms with van der Waals surface area (Å²) >= 11 is 0. The normalized spacial score (nSPS) is 11.6. The maximum atomic E-state index is 11.2. The molecule has 0 spiro atoms. The van der Waals surface area contributed by atoms with Gasteiger partial charge in [0.05, 0.1) is 0 Å². The molecule has 0 aromatic heterocycles. The van der Waals surface area contributed by atoms with Crippen LogP contribution in [0.25, 0.3) is 0 Å². The van der Waals surface area contributed by atoms with Crippen molar-refractivity contribution in [2.45, 2.75) is 64.6 Å². The van der Waals surface area contributed by atoms with E-state index in [9.17, 15) is 9.59 Å². The molecule has 0 aromatic carbocycles. The van der Waals surface area contributed by atoms with Gasteiger partial charge in [-0.1, -0.05) is 13.2 Å². The van der Waals surface area contributed by atoms with Gasteiger partial charge in [0.2, 0.25) is 0 Å². The van der Waals surface area contributed by atoms with Crippen LogP contribution in [0.15, 0.2) is 25.3 Å². The van der Waals surface area contributed by atoms with Crippen LogP contribution in [0.5, 0.6) is 0 Å². The Bertz CT molecular complexity index is 331. The van der Waals surface area contributed by atoms with Gasteiger partial charge in [0.25, 0.3) is 0 Å². The largest absolute Gasteiger partial charge is 0.457 e. The summed E-state index contributed by atoms with van der Waals surface area (Å²) in [6.45, 7) is 14.2. The van der Waals surface area contributed by atoms with Gasteiger partial charge in [-0.15, -0.1) is 0 Å². The summed E-state index contributed by atoms with van der Waals surface area (Å²) in [4.78, 5) is 22.3. The van der Waals surface area contributed by atoms with Crippen molar-refractivity contribution in [2.24, 2.45) is 0 Å². The SMILES string of the molecule is C=CC(=O)OC(C)(C)CCCCC(C)(C)OC(=O)C=C. The predicted octanol–water partition coefficient (Wildman–Crippen LogP) is 3.56. The van der Waals surface area contributed by atoms with E-state index in [1.54, 1.807) is 0 Å². The fourth-order valence-corrected chi connectivity index (χ4v) is 1.83. The first-order valence-corrected chi connectivity index (χ1v) is 6.83. The third kappa shape index (κ3) is 8.51. The molecule has 0 atom stereocenters. The van der Waals surface area contributed by atoms with Crippen LogP contribution >= 0.6 is 0 Å². The van der Waals surface area contributed by atoms with E-state index >= 15 is 0 Å². The minimum absolute atomic E-state index is 0.407. The molecule has 0 saturated heterocycles. The third-order valence-electron chi connectivity index (χ3n) is 2.89. The summed E-state index contributed by atoms with van der Waals surface area (Å²) in [6.07, 6.45) is 5.59. The zero-order valence-electron chi connectivity index (χ0n) is 13.0. The van der Waals surface area contributed by atoms with E-state index in [0.717, 1.165) is 25.7 Å². The summed E-state index contributed by atoms with van der Waals surface area (Å²) in [7, 11) is 0. The first-order chi connectivity index (χ1) is 9.12. The van der Waals surface area contributed by atoms with E-state index in [4.69, 9.17) is 9.47 Å². The maximum absolute atomic E-state index is 11.2. The number of esters is 2. The maximum Gasteiger partial charge on any atom is 0.330 e. The van der Waals surface area contributed by atoms with Crippen LogP contribution in [0.1, 0.15) is 53.4 Å². The Morgan fingerprint density at radius 1 is 0.850 bits per heavy atom. The summed E-state index contributed by atoms with van der Waals surface area (Å²) in [5.74, 6) is -0.814. The highest BCUT2D eigenvalue weighted by Crippen LogP contribution is 2.23. The van der Waals surface area contributed by atoms with E-state index in [0.29, 0.717) is 0 Å². The van der Waals surface area contributed by atoms with Crippen LogP contribution in [0.2, 0.25) is 0 Å². The molecule has 0 aromatic rings. The Hall–Kier alpha value is -1.58.